The average molecular weight is 156 g/mol. The van der Waals surface area contributed by atoms with E-state index in [1.165, 1.54) is 5.57 Å². The minimum atomic E-state index is 0.868. The zero-order chi connectivity index (χ0) is 7.40. The third-order valence-corrected chi connectivity index (χ3v) is 1.85. The summed E-state index contributed by atoms with van der Waals surface area (Å²) in [5.41, 5.74) is 1.33. The van der Waals surface area contributed by atoms with Crippen LogP contribution in [-0.4, -0.2) is 18.1 Å². The van der Waals surface area contributed by atoms with Gasteiger partial charge in [-0.2, -0.15) is 0 Å². The van der Waals surface area contributed by atoms with Gasteiger partial charge in [0.25, 0.3) is 0 Å². The number of hydrogen-bond donors (Lipinski definition) is 1. The Balaban J connectivity index is 2.29. The Labute approximate surface area is 65.9 Å². The summed E-state index contributed by atoms with van der Waals surface area (Å²) in [6, 6.07) is 0. The molecule has 0 aliphatic carbocycles. The molecule has 0 fully saturated rings. The van der Waals surface area contributed by atoms with E-state index in [4.69, 9.17) is 0 Å². The summed E-state index contributed by atoms with van der Waals surface area (Å²) in [5, 5.41) is 0. The molecule has 0 aromatic heterocycles. The molecule has 1 aliphatic rings. The molecule has 0 spiro atoms. The van der Waals surface area contributed by atoms with Crippen LogP contribution in [0.3, 0.4) is 0 Å². The Morgan fingerprint density at radius 3 is 3.10 bits per heavy atom. The zero-order valence-corrected chi connectivity index (χ0v) is 7.16. The Morgan fingerprint density at radius 2 is 2.60 bits per heavy atom. The lowest BCUT2D eigenvalue weighted by Crippen LogP contribution is -2.11. The topological polar surface area (TPSA) is 24.4 Å². The van der Waals surface area contributed by atoms with Crippen LogP contribution < -0.4 is 4.72 Å². The summed E-state index contributed by atoms with van der Waals surface area (Å²) < 4.78 is 3.15. The smallest absolute Gasteiger partial charge is 0.131 e. The number of aliphatic imine (C=N–C) groups is 1. The number of amidine groups is 1. The maximum atomic E-state index is 4.25. The van der Waals surface area contributed by atoms with E-state index in [9.17, 15) is 0 Å². The van der Waals surface area contributed by atoms with E-state index >= 15 is 0 Å². The van der Waals surface area contributed by atoms with Gasteiger partial charge in [-0.15, -0.1) is 0 Å². The predicted octanol–water partition coefficient (Wildman–Crippen LogP) is 1.60. The maximum Gasteiger partial charge on any atom is 0.131 e. The van der Waals surface area contributed by atoms with Crippen molar-refractivity contribution in [1.82, 2.24) is 4.72 Å². The van der Waals surface area contributed by atoms with E-state index in [1.54, 1.807) is 11.9 Å². The van der Waals surface area contributed by atoms with Crippen LogP contribution in [0, 0.1) is 0 Å². The molecule has 0 unspecified atom stereocenters. The molecular weight excluding hydrogens is 144 g/mol. The molecule has 0 aromatic rings. The SMILES string of the molecule is CCSNC1=NCC(C)=C1. The van der Waals surface area contributed by atoms with E-state index < -0.39 is 0 Å². The second-order valence-electron chi connectivity index (χ2n) is 2.23. The molecule has 0 radical (unpaired) electrons. The van der Waals surface area contributed by atoms with Crippen LogP contribution in [0.5, 0.6) is 0 Å². The Hall–Kier alpha value is -0.440. The van der Waals surface area contributed by atoms with E-state index in [1.807, 2.05) is 0 Å². The van der Waals surface area contributed by atoms with Crippen molar-refractivity contribution in [2.75, 3.05) is 12.3 Å². The van der Waals surface area contributed by atoms with Crippen LogP contribution in [0.25, 0.3) is 0 Å². The number of rotatable bonds is 2. The summed E-state index contributed by atoms with van der Waals surface area (Å²) in [6.07, 6.45) is 2.09. The van der Waals surface area contributed by atoms with Crippen LogP contribution in [0.1, 0.15) is 13.8 Å². The van der Waals surface area contributed by atoms with Crippen LogP contribution in [-0.2, 0) is 0 Å². The van der Waals surface area contributed by atoms with E-state index in [0.29, 0.717) is 0 Å². The van der Waals surface area contributed by atoms with Crippen molar-refractivity contribution in [3.8, 4) is 0 Å². The fraction of sp³-hybridized carbons (Fsp3) is 0.571. The summed E-state index contributed by atoms with van der Waals surface area (Å²) in [4.78, 5) is 4.25. The van der Waals surface area contributed by atoms with E-state index in [0.717, 1.165) is 18.1 Å². The maximum absolute atomic E-state index is 4.25. The molecule has 56 valence electrons. The molecule has 10 heavy (non-hydrogen) atoms. The normalized spacial score (nSPS) is 16.6. The van der Waals surface area contributed by atoms with Gasteiger partial charge in [-0.25, -0.2) is 0 Å². The highest BCUT2D eigenvalue weighted by Gasteiger charge is 2.01. The van der Waals surface area contributed by atoms with Gasteiger partial charge in [-0.05, 0) is 18.6 Å². The first-order valence-corrected chi connectivity index (χ1v) is 4.41. The lowest BCUT2D eigenvalue weighted by atomic mass is 10.3. The van der Waals surface area contributed by atoms with Crippen molar-refractivity contribution in [2.45, 2.75) is 13.8 Å². The highest BCUT2D eigenvalue weighted by molar-refractivity contribution is 7.97. The molecule has 0 atom stereocenters. The molecule has 0 bridgehead atoms. The molecule has 1 N–H and O–H groups in total. The second kappa shape index (κ2) is 3.66. The fourth-order valence-corrected chi connectivity index (χ4v) is 1.16. The number of nitrogens with zero attached hydrogens (tertiary/aromatic N) is 1. The highest BCUT2D eigenvalue weighted by atomic mass is 32.2. The summed E-state index contributed by atoms with van der Waals surface area (Å²) in [5.74, 6) is 2.09. The average Bonchev–Trinajstić information content (AvgIpc) is 2.31. The van der Waals surface area contributed by atoms with Crippen molar-refractivity contribution >= 4 is 17.8 Å². The molecule has 1 aliphatic heterocycles. The van der Waals surface area contributed by atoms with Crippen LogP contribution in [0.15, 0.2) is 16.6 Å². The molecule has 2 nitrogen and oxygen atoms in total. The molecule has 3 heteroatoms. The minimum Gasteiger partial charge on any atom is -0.315 e. The molecular formula is C7H12N2S. The monoisotopic (exact) mass is 156 g/mol. The Morgan fingerprint density at radius 1 is 1.80 bits per heavy atom. The molecule has 0 aromatic carbocycles. The van der Waals surface area contributed by atoms with Crippen LogP contribution in [0.2, 0.25) is 0 Å². The summed E-state index contributed by atoms with van der Waals surface area (Å²) in [6.45, 7) is 5.07. The van der Waals surface area contributed by atoms with Crippen LogP contribution in [0.4, 0.5) is 0 Å². The standard InChI is InChI=1S/C7H12N2S/c1-3-10-9-7-4-6(2)5-8-7/h4H,3,5H2,1-2H3,(H,8,9). The summed E-state index contributed by atoms with van der Waals surface area (Å²) >= 11 is 1.68. The first kappa shape index (κ1) is 7.66. The van der Waals surface area contributed by atoms with Gasteiger partial charge in [0.2, 0.25) is 0 Å². The van der Waals surface area contributed by atoms with E-state index in [-0.39, 0.29) is 0 Å². The Kier molecular flexibility index (Phi) is 2.81. The third-order valence-electron chi connectivity index (χ3n) is 1.20. The number of hydrogen-bond acceptors (Lipinski definition) is 3. The van der Waals surface area contributed by atoms with Gasteiger partial charge in [0.1, 0.15) is 5.84 Å². The largest absolute Gasteiger partial charge is 0.315 e. The molecule has 1 heterocycles. The van der Waals surface area contributed by atoms with Crippen molar-refractivity contribution in [3.63, 3.8) is 0 Å². The molecule has 0 saturated carbocycles. The van der Waals surface area contributed by atoms with E-state index in [2.05, 4.69) is 29.6 Å². The van der Waals surface area contributed by atoms with Crippen molar-refractivity contribution in [2.24, 2.45) is 4.99 Å². The van der Waals surface area contributed by atoms with Crippen LogP contribution >= 0.6 is 11.9 Å². The molecule has 0 amide bonds. The molecule has 1 rings (SSSR count). The van der Waals surface area contributed by atoms with Gasteiger partial charge in [0.15, 0.2) is 0 Å². The Bertz CT molecular complexity index is 172. The minimum absolute atomic E-state index is 0.868. The fourth-order valence-electron chi connectivity index (χ4n) is 0.742. The quantitative estimate of drug-likeness (QED) is 0.614. The van der Waals surface area contributed by atoms with Gasteiger partial charge in [0, 0.05) is 5.75 Å². The van der Waals surface area contributed by atoms with Gasteiger partial charge < -0.3 is 4.72 Å². The lowest BCUT2D eigenvalue weighted by Gasteiger charge is -1.97. The molecule has 0 saturated heterocycles. The number of nitrogens with one attached hydrogen (secondary N) is 1. The summed E-state index contributed by atoms with van der Waals surface area (Å²) in [7, 11) is 0. The van der Waals surface area contributed by atoms with Gasteiger partial charge in [-0.3, -0.25) is 4.99 Å². The van der Waals surface area contributed by atoms with Crippen molar-refractivity contribution < 1.29 is 0 Å². The van der Waals surface area contributed by atoms with Crippen molar-refractivity contribution in [1.29, 1.82) is 0 Å². The zero-order valence-electron chi connectivity index (χ0n) is 6.35. The second-order valence-corrected chi connectivity index (χ2v) is 3.30. The lowest BCUT2D eigenvalue weighted by molar-refractivity contribution is 1.17. The highest BCUT2D eigenvalue weighted by Crippen LogP contribution is 2.04. The van der Waals surface area contributed by atoms with Crippen molar-refractivity contribution in [3.05, 3.63) is 11.6 Å². The van der Waals surface area contributed by atoms with Gasteiger partial charge in [0.05, 0.1) is 6.54 Å². The van der Waals surface area contributed by atoms with Gasteiger partial charge in [-0.1, -0.05) is 18.9 Å². The first-order chi connectivity index (χ1) is 4.83. The first-order valence-electron chi connectivity index (χ1n) is 3.42. The third kappa shape index (κ3) is 2.06. The predicted molar refractivity (Wildman–Crippen MR) is 47.3 cm³/mol. The van der Waals surface area contributed by atoms with Gasteiger partial charge >= 0.3 is 0 Å².